The van der Waals surface area contributed by atoms with Gasteiger partial charge < -0.3 is 4.74 Å². The number of nitrogens with zero attached hydrogens (tertiary/aromatic N) is 4. The number of thiazole rings is 1. The third-order valence-electron chi connectivity index (χ3n) is 3.67. The van der Waals surface area contributed by atoms with Crippen molar-refractivity contribution in [2.75, 3.05) is 0 Å². The molecular formula is C18H12N4O3S. The van der Waals surface area contributed by atoms with Crippen molar-refractivity contribution in [3.05, 3.63) is 81.8 Å². The minimum absolute atomic E-state index is 0.0918. The molecule has 0 fully saturated rings. The van der Waals surface area contributed by atoms with E-state index in [4.69, 9.17) is 4.74 Å². The summed E-state index contributed by atoms with van der Waals surface area (Å²) < 4.78 is 6.71. The van der Waals surface area contributed by atoms with Gasteiger partial charge in [-0.25, -0.2) is 9.78 Å². The van der Waals surface area contributed by atoms with Gasteiger partial charge in [-0.2, -0.15) is 10.2 Å². The Morgan fingerprint density at radius 1 is 1.19 bits per heavy atom. The molecule has 0 aliphatic heterocycles. The molecule has 0 aliphatic rings. The standard InChI is InChI=1S/C18H12N4O3S/c23-16-9-14(20-18-22(16)6-7-26-18)11-25-17(24)13-8-15(21-19-10-13)12-4-2-1-3-5-12/h1-10H,11H2. The van der Waals surface area contributed by atoms with Crippen LogP contribution in [0, 0.1) is 0 Å². The fourth-order valence-electron chi connectivity index (χ4n) is 2.41. The average molecular weight is 364 g/mol. The van der Waals surface area contributed by atoms with Crippen LogP contribution < -0.4 is 5.56 Å². The molecule has 0 amide bonds. The van der Waals surface area contributed by atoms with E-state index in [1.54, 1.807) is 17.6 Å². The molecule has 3 aromatic heterocycles. The first-order valence-electron chi connectivity index (χ1n) is 7.72. The van der Waals surface area contributed by atoms with Crippen LogP contribution in [0.3, 0.4) is 0 Å². The molecule has 0 saturated heterocycles. The highest BCUT2D eigenvalue weighted by molar-refractivity contribution is 7.15. The Hall–Kier alpha value is -3.39. The van der Waals surface area contributed by atoms with Gasteiger partial charge >= 0.3 is 5.97 Å². The van der Waals surface area contributed by atoms with E-state index in [-0.39, 0.29) is 17.7 Å². The van der Waals surface area contributed by atoms with Gasteiger partial charge in [-0.3, -0.25) is 9.20 Å². The Morgan fingerprint density at radius 3 is 2.88 bits per heavy atom. The number of hydrogen-bond acceptors (Lipinski definition) is 7. The maximum atomic E-state index is 12.3. The Labute approximate surface area is 151 Å². The molecule has 0 atom stereocenters. The van der Waals surface area contributed by atoms with Gasteiger partial charge in [-0.15, -0.1) is 11.3 Å². The SMILES string of the molecule is O=C(OCc1cc(=O)n2ccsc2n1)c1cnnc(-c2ccccc2)c1. The van der Waals surface area contributed by atoms with E-state index in [1.165, 1.54) is 28.0 Å². The fourth-order valence-corrected chi connectivity index (χ4v) is 3.15. The second-order valence-corrected chi connectivity index (χ2v) is 6.29. The third-order valence-corrected chi connectivity index (χ3v) is 4.42. The summed E-state index contributed by atoms with van der Waals surface area (Å²) in [6.07, 6.45) is 3.00. The topological polar surface area (TPSA) is 86.5 Å². The molecule has 0 N–H and O–H groups in total. The Morgan fingerprint density at radius 2 is 2.04 bits per heavy atom. The van der Waals surface area contributed by atoms with Gasteiger partial charge in [0.25, 0.3) is 5.56 Å². The Kier molecular flexibility index (Phi) is 4.24. The maximum Gasteiger partial charge on any atom is 0.340 e. The van der Waals surface area contributed by atoms with Crippen molar-refractivity contribution in [3.63, 3.8) is 0 Å². The third kappa shape index (κ3) is 3.22. The maximum absolute atomic E-state index is 12.3. The summed E-state index contributed by atoms with van der Waals surface area (Å²) in [4.78, 5) is 29.1. The molecule has 0 spiro atoms. The van der Waals surface area contributed by atoms with Gasteiger partial charge in [0.2, 0.25) is 0 Å². The van der Waals surface area contributed by atoms with Gasteiger partial charge in [0.1, 0.15) is 6.61 Å². The quantitative estimate of drug-likeness (QED) is 0.517. The highest BCUT2D eigenvalue weighted by atomic mass is 32.1. The summed E-state index contributed by atoms with van der Waals surface area (Å²) in [7, 11) is 0. The molecule has 0 unspecified atom stereocenters. The van der Waals surface area contributed by atoms with Crippen LogP contribution in [0.15, 0.2) is 65.0 Å². The van der Waals surface area contributed by atoms with Crippen molar-refractivity contribution in [3.8, 4) is 11.3 Å². The number of carbonyl (C=O) groups is 1. The van der Waals surface area contributed by atoms with Crippen molar-refractivity contribution >= 4 is 22.3 Å². The highest BCUT2D eigenvalue weighted by Crippen LogP contribution is 2.17. The number of rotatable bonds is 4. The highest BCUT2D eigenvalue weighted by Gasteiger charge is 2.12. The van der Waals surface area contributed by atoms with Crippen LogP contribution in [0.5, 0.6) is 0 Å². The first-order valence-corrected chi connectivity index (χ1v) is 8.60. The van der Waals surface area contributed by atoms with Crippen molar-refractivity contribution in [1.82, 2.24) is 19.6 Å². The van der Waals surface area contributed by atoms with Crippen LogP contribution in [-0.2, 0) is 11.3 Å². The number of benzene rings is 1. The summed E-state index contributed by atoms with van der Waals surface area (Å²) in [6.45, 7) is -0.0918. The lowest BCUT2D eigenvalue weighted by Gasteiger charge is -2.05. The molecule has 4 aromatic rings. The lowest BCUT2D eigenvalue weighted by molar-refractivity contribution is 0.0467. The summed E-state index contributed by atoms with van der Waals surface area (Å²) >= 11 is 1.34. The molecule has 0 aliphatic carbocycles. The lowest BCUT2D eigenvalue weighted by atomic mass is 10.1. The van der Waals surface area contributed by atoms with Gasteiger partial charge in [0.05, 0.1) is 23.1 Å². The van der Waals surface area contributed by atoms with Crippen LogP contribution in [0.25, 0.3) is 16.2 Å². The smallest absolute Gasteiger partial charge is 0.340 e. The van der Waals surface area contributed by atoms with E-state index >= 15 is 0 Å². The number of fused-ring (bicyclic) bond motifs is 1. The molecule has 0 bridgehead atoms. The minimum Gasteiger partial charge on any atom is -0.456 e. The van der Waals surface area contributed by atoms with Gasteiger partial charge in [-0.1, -0.05) is 30.3 Å². The zero-order valence-corrected chi connectivity index (χ0v) is 14.2. The van der Waals surface area contributed by atoms with Crippen LogP contribution in [0.2, 0.25) is 0 Å². The van der Waals surface area contributed by atoms with E-state index in [2.05, 4.69) is 15.2 Å². The van der Waals surface area contributed by atoms with Crippen LogP contribution in [0.4, 0.5) is 0 Å². The largest absolute Gasteiger partial charge is 0.456 e. The summed E-state index contributed by atoms with van der Waals surface area (Å²) in [5, 5.41) is 9.68. The van der Waals surface area contributed by atoms with E-state index in [0.29, 0.717) is 16.3 Å². The van der Waals surface area contributed by atoms with Crippen LogP contribution >= 0.6 is 11.3 Å². The normalized spacial score (nSPS) is 10.8. The molecular weight excluding hydrogens is 352 g/mol. The molecule has 1 aromatic carbocycles. The molecule has 4 rings (SSSR count). The lowest BCUT2D eigenvalue weighted by Crippen LogP contribution is -2.15. The first-order chi connectivity index (χ1) is 12.7. The van der Waals surface area contributed by atoms with Gasteiger partial charge in [0, 0.05) is 23.2 Å². The average Bonchev–Trinajstić information content (AvgIpc) is 3.16. The van der Waals surface area contributed by atoms with E-state index in [0.717, 1.165) is 5.56 Å². The number of esters is 1. The second-order valence-electron chi connectivity index (χ2n) is 5.41. The molecule has 3 heterocycles. The van der Waals surface area contributed by atoms with Crippen molar-refractivity contribution < 1.29 is 9.53 Å². The molecule has 26 heavy (non-hydrogen) atoms. The van der Waals surface area contributed by atoms with Crippen molar-refractivity contribution in [2.45, 2.75) is 6.61 Å². The van der Waals surface area contributed by atoms with Crippen LogP contribution in [0.1, 0.15) is 16.1 Å². The van der Waals surface area contributed by atoms with E-state index in [1.807, 2.05) is 30.3 Å². The molecule has 0 radical (unpaired) electrons. The van der Waals surface area contributed by atoms with Crippen molar-refractivity contribution in [2.24, 2.45) is 0 Å². The summed E-state index contributed by atoms with van der Waals surface area (Å²) in [5.74, 6) is -0.551. The number of carbonyl (C=O) groups excluding carboxylic acids is 1. The molecule has 8 heteroatoms. The Bertz CT molecular complexity index is 1140. The van der Waals surface area contributed by atoms with Gasteiger partial charge in [-0.05, 0) is 6.07 Å². The molecule has 128 valence electrons. The summed E-state index contributed by atoms with van der Waals surface area (Å²) in [6, 6.07) is 12.4. The first kappa shape index (κ1) is 16.1. The van der Waals surface area contributed by atoms with Crippen molar-refractivity contribution in [1.29, 1.82) is 0 Å². The fraction of sp³-hybridized carbons (Fsp3) is 0.0556. The molecule has 0 saturated carbocycles. The number of aromatic nitrogens is 4. The predicted molar refractivity (Wildman–Crippen MR) is 95.9 cm³/mol. The Balaban J connectivity index is 1.52. The zero-order valence-electron chi connectivity index (χ0n) is 13.4. The second kappa shape index (κ2) is 6.85. The minimum atomic E-state index is -0.551. The van der Waals surface area contributed by atoms with Gasteiger partial charge in [0.15, 0.2) is 4.96 Å². The van der Waals surface area contributed by atoms with E-state index in [9.17, 15) is 9.59 Å². The monoisotopic (exact) mass is 364 g/mol. The molecule has 7 nitrogen and oxygen atoms in total. The number of hydrogen-bond donors (Lipinski definition) is 0. The van der Waals surface area contributed by atoms with Crippen LogP contribution in [-0.4, -0.2) is 25.6 Å². The predicted octanol–water partition coefficient (Wildman–Crippen LogP) is 2.57. The zero-order chi connectivity index (χ0) is 17.9. The number of ether oxygens (including phenoxy) is 1. The van der Waals surface area contributed by atoms with E-state index < -0.39 is 5.97 Å². The summed E-state index contributed by atoms with van der Waals surface area (Å²) in [5.41, 5.74) is 1.91.